The van der Waals surface area contributed by atoms with Gasteiger partial charge >= 0.3 is 0 Å². The lowest BCUT2D eigenvalue weighted by Crippen LogP contribution is -2.14. The number of fused-ring (bicyclic) bond motifs is 1. The molecular formula is C23H22N4O. The third-order valence-corrected chi connectivity index (χ3v) is 4.81. The van der Waals surface area contributed by atoms with Crippen LogP contribution in [-0.4, -0.2) is 15.9 Å². The minimum absolute atomic E-state index is 0.0676. The van der Waals surface area contributed by atoms with Crippen molar-refractivity contribution in [3.63, 3.8) is 0 Å². The van der Waals surface area contributed by atoms with E-state index in [0.717, 1.165) is 39.1 Å². The van der Waals surface area contributed by atoms with E-state index in [1.165, 1.54) is 0 Å². The van der Waals surface area contributed by atoms with E-state index < -0.39 is 0 Å². The summed E-state index contributed by atoms with van der Waals surface area (Å²) in [6.07, 6.45) is 3.87. The van der Waals surface area contributed by atoms with Crippen molar-refractivity contribution in [1.82, 2.24) is 9.97 Å². The van der Waals surface area contributed by atoms with Crippen molar-refractivity contribution in [2.24, 2.45) is 0 Å². The molecule has 0 saturated carbocycles. The van der Waals surface area contributed by atoms with Crippen molar-refractivity contribution in [2.75, 3.05) is 10.6 Å². The van der Waals surface area contributed by atoms with E-state index in [2.05, 4.69) is 46.6 Å². The number of H-pyrrole nitrogens is 1. The van der Waals surface area contributed by atoms with Gasteiger partial charge < -0.3 is 15.6 Å². The second kappa shape index (κ2) is 7.56. The number of aromatic nitrogens is 2. The first kappa shape index (κ1) is 17.8. The predicted molar refractivity (Wildman–Crippen MR) is 114 cm³/mol. The van der Waals surface area contributed by atoms with Crippen LogP contribution in [0.3, 0.4) is 0 Å². The Kier molecular flexibility index (Phi) is 4.81. The van der Waals surface area contributed by atoms with E-state index in [1.807, 2.05) is 48.7 Å². The molecular weight excluding hydrogens is 348 g/mol. The molecule has 5 nitrogen and oxygen atoms in total. The summed E-state index contributed by atoms with van der Waals surface area (Å²) in [6, 6.07) is 17.9. The Hall–Kier alpha value is -3.60. The van der Waals surface area contributed by atoms with Crippen LogP contribution in [-0.2, 0) is 11.2 Å². The number of benzene rings is 2. The minimum atomic E-state index is -0.0676. The molecule has 4 rings (SSSR count). The standard InChI is InChI=1S/C23H22N4O/c1-15-6-5-7-16(2)23(15)27-21-11-10-18(14-25-21)26-22(28)12-17-13-24-20-9-4-3-8-19(17)20/h3-11,13-14,24H,12H2,1-2H3,(H,25,27)(H,26,28). The number of rotatable bonds is 5. The number of anilines is 3. The molecule has 0 aliphatic carbocycles. The zero-order chi connectivity index (χ0) is 19.5. The summed E-state index contributed by atoms with van der Waals surface area (Å²) in [4.78, 5) is 20.0. The van der Waals surface area contributed by atoms with Crippen LogP contribution in [0.15, 0.2) is 67.0 Å². The van der Waals surface area contributed by atoms with Crippen molar-refractivity contribution >= 4 is 34.0 Å². The molecule has 0 saturated heterocycles. The molecule has 28 heavy (non-hydrogen) atoms. The van der Waals surface area contributed by atoms with E-state index in [1.54, 1.807) is 6.20 Å². The summed E-state index contributed by atoms with van der Waals surface area (Å²) in [5.74, 6) is 0.675. The number of nitrogens with zero attached hydrogens (tertiary/aromatic N) is 1. The van der Waals surface area contributed by atoms with Crippen molar-refractivity contribution in [3.8, 4) is 0 Å². The van der Waals surface area contributed by atoms with Crippen LogP contribution in [0, 0.1) is 13.8 Å². The third-order valence-electron chi connectivity index (χ3n) is 4.81. The van der Waals surface area contributed by atoms with Crippen LogP contribution in [0.25, 0.3) is 10.9 Å². The number of para-hydroxylation sites is 2. The quantitative estimate of drug-likeness (QED) is 0.457. The third kappa shape index (κ3) is 3.74. The average molecular weight is 370 g/mol. The maximum atomic E-state index is 12.4. The monoisotopic (exact) mass is 370 g/mol. The molecule has 5 heteroatoms. The lowest BCUT2D eigenvalue weighted by Gasteiger charge is -2.12. The Balaban J connectivity index is 1.42. The second-order valence-electron chi connectivity index (χ2n) is 6.91. The summed E-state index contributed by atoms with van der Waals surface area (Å²) in [6.45, 7) is 4.13. The molecule has 1 amide bonds. The first-order chi connectivity index (χ1) is 13.6. The Morgan fingerprint density at radius 3 is 2.54 bits per heavy atom. The van der Waals surface area contributed by atoms with E-state index in [0.29, 0.717) is 12.1 Å². The highest BCUT2D eigenvalue weighted by Gasteiger charge is 2.09. The molecule has 4 aromatic rings. The van der Waals surface area contributed by atoms with Crippen LogP contribution in [0.4, 0.5) is 17.2 Å². The van der Waals surface area contributed by atoms with Crippen LogP contribution >= 0.6 is 0 Å². The van der Waals surface area contributed by atoms with Gasteiger partial charge in [-0.1, -0.05) is 36.4 Å². The maximum absolute atomic E-state index is 12.4. The Bertz CT molecular complexity index is 1110. The van der Waals surface area contributed by atoms with Crippen molar-refractivity contribution in [1.29, 1.82) is 0 Å². The van der Waals surface area contributed by atoms with Gasteiger partial charge in [0.25, 0.3) is 0 Å². The van der Waals surface area contributed by atoms with Gasteiger partial charge in [0.1, 0.15) is 5.82 Å². The van der Waals surface area contributed by atoms with E-state index in [9.17, 15) is 4.79 Å². The van der Waals surface area contributed by atoms with Gasteiger partial charge in [-0.3, -0.25) is 4.79 Å². The Morgan fingerprint density at radius 2 is 1.79 bits per heavy atom. The number of carbonyl (C=O) groups excluding carboxylic acids is 1. The van der Waals surface area contributed by atoms with Gasteiger partial charge in [-0.25, -0.2) is 4.98 Å². The van der Waals surface area contributed by atoms with Gasteiger partial charge in [-0.15, -0.1) is 0 Å². The number of amides is 1. The van der Waals surface area contributed by atoms with Gasteiger partial charge in [-0.05, 0) is 48.7 Å². The fourth-order valence-corrected chi connectivity index (χ4v) is 3.34. The Labute approximate surface area is 163 Å². The number of aryl methyl sites for hydroxylation is 2. The van der Waals surface area contributed by atoms with Gasteiger partial charge in [0.2, 0.25) is 5.91 Å². The number of hydrogen-bond donors (Lipinski definition) is 3. The molecule has 0 aliphatic rings. The SMILES string of the molecule is Cc1cccc(C)c1Nc1ccc(NC(=O)Cc2c[nH]c3ccccc23)cn1. The zero-order valence-electron chi connectivity index (χ0n) is 15.9. The lowest BCUT2D eigenvalue weighted by molar-refractivity contribution is -0.115. The van der Waals surface area contributed by atoms with E-state index >= 15 is 0 Å². The molecule has 0 fully saturated rings. The molecule has 0 radical (unpaired) electrons. The van der Waals surface area contributed by atoms with E-state index in [4.69, 9.17) is 0 Å². The summed E-state index contributed by atoms with van der Waals surface area (Å²) in [7, 11) is 0. The van der Waals surface area contributed by atoms with Gasteiger partial charge in [0, 0.05) is 22.8 Å². The number of nitrogens with one attached hydrogen (secondary N) is 3. The largest absolute Gasteiger partial charge is 0.361 e. The molecule has 140 valence electrons. The highest BCUT2D eigenvalue weighted by molar-refractivity contribution is 5.95. The average Bonchev–Trinajstić information content (AvgIpc) is 3.09. The summed E-state index contributed by atoms with van der Waals surface area (Å²) in [5.41, 5.74) is 6.09. The van der Waals surface area contributed by atoms with Crippen LogP contribution in [0.1, 0.15) is 16.7 Å². The van der Waals surface area contributed by atoms with Crippen LogP contribution in [0.2, 0.25) is 0 Å². The second-order valence-corrected chi connectivity index (χ2v) is 6.91. The number of aromatic amines is 1. The fraction of sp³-hybridized carbons (Fsp3) is 0.130. The first-order valence-electron chi connectivity index (χ1n) is 9.24. The highest BCUT2D eigenvalue weighted by atomic mass is 16.1. The summed E-state index contributed by atoms with van der Waals surface area (Å²) < 4.78 is 0. The first-order valence-corrected chi connectivity index (χ1v) is 9.24. The maximum Gasteiger partial charge on any atom is 0.228 e. The van der Waals surface area contributed by atoms with Crippen LogP contribution in [0.5, 0.6) is 0 Å². The van der Waals surface area contributed by atoms with Gasteiger partial charge in [0.15, 0.2) is 0 Å². The molecule has 0 atom stereocenters. The molecule has 3 N–H and O–H groups in total. The topological polar surface area (TPSA) is 69.8 Å². The van der Waals surface area contributed by atoms with E-state index in [-0.39, 0.29) is 5.91 Å². The molecule has 0 aliphatic heterocycles. The number of pyridine rings is 1. The van der Waals surface area contributed by atoms with Gasteiger partial charge in [0.05, 0.1) is 18.3 Å². The molecule has 2 aromatic carbocycles. The van der Waals surface area contributed by atoms with Gasteiger partial charge in [-0.2, -0.15) is 0 Å². The number of carbonyl (C=O) groups is 1. The molecule has 2 aromatic heterocycles. The molecule has 0 unspecified atom stereocenters. The highest BCUT2D eigenvalue weighted by Crippen LogP contribution is 2.24. The molecule has 0 spiro atoms. The smallest absolute Gasteiger partial charge is 0.228 e. The zero-order valence-corrected chi connectivity index (χ0v) is 15.9. The predicted octanol–water partition coefficient (Wildman–Crippen LogP) is 5.10. The summed E-state index contributed by atoms with van der Waals surface area (Å²) >= 11 is 0. The Morgan fingerprint density at radius 1 is 1.00 bits per heavy atom. The van der Waals surface area contributed by atoms with Crippen molar-refractivity contribution < 1.29 is 4.79 Å². The van der Waals surface area contributed by atoms with Crippen LogP contribution < -0.4 is 10.6 Å². The fourth-order valence-electron chi connectivity index (χ4n) is 3.34. The molecule has 2 heterocycles. The normalized spacial score (nSPS) is 10.8. The molecule has 0 bridgehead atoms. The van der Waals surface area contributed by atoms with Crippen molar-refractivity contribution in [3.05, 3.63) is 83.7 Å². The lowest BCUT2D eigenvalue weighted by atomic mass is 10.1. The summed E-state index contributed by atoms with van der Waals surface area (Å²) in [5, 5.41) is 7.34. The minimum Gasteiger partial charge on any atom is -0.361 e. The van der Waals surface area contributed by atoms with Crippen molar-refractivity contribution in [2.45, 2.75) is 20.3 Å². The number of hydrogen-bond acceptors (Lipinski definition) is 3.